The summed E-state index contributed by atoms with van der Waals surface area (Å²) in [6, 6.07) is 8.76. The molecule has 1 heterocycles. The zero-order valence-corrected chi connectivity index (χ0v) is 17.6. The van der Waals surface area contributed by atoms with E-state index in [1.54, 1.807) is 4.90 Å². The zero-order valence-electron chi connectivity index (χ0n) is 17.6. The number of alkyl halides is 3. The summed E-state index contributed by atoms with van der Waals surface area (Å²) in [6.45, 7) is 0.894. The number of esters is 2. The van der Waals surface area contributed by atoms with Crippen molar-refractivity contribution in [3.05, 3.63) is 59.2 Å². The van der Waals surface area contributed by atoms with Crippen molar-refractivity contribution >= 4 is 29.2 Å². The van der Waals surface area contributed by atoms with Crippen LogP contribution in [0.5, 0.6) is 0 Å². The molecule has 0 radical (unpaired) electrons. The van der Waals surface area contributed by atoms with Crippen molar-refractivity contribution in [2.24, 2.45) is 0 Å². The highest BCUT2D eigenvalue weighted by Crippen LogP contribution is 2.35. The van der Waals surface area contributed by atoms with Crippen LogP contribution in [0.3, 0.4) is 0 Å². The van der Waals surface area contributed by atoms with Crippen LogP contribution in [0.1, 0.15) is 26.3 Å². The van der Waals surface area contributed by atoms with Crippen LogP contribution in [-0.4, -0.2) is 57.9 Å². The maximum atomic E-state index is 13.2. The molecule has 1 N–H and O–H groups in total. The number of benzene rings is 2. The van der Waals surface area contributed by atoms with Gasteiger partial charge >= 0.3 is 18.1 Å². The van der Waals surface area contributed by atoms with E-state index >= 15 is 0 Å². The lowest BCUT2D eigenvalue weighted by molar-refractivity contribution is -0.137. The third-order valence-electron chi connectivity index (χ3n) is 4.84. The van der Waals surface area contributed by atoms with Crippen LogP contribution in [-0.2, 0) is 25.2 Å². The molecule has 1 aliphatic rings. The van der Waals surface area contributed by atoms with Crippen LogP contribution in [0.15, 0.2) is 42.5 Å². The van der Waals surface area contributed by atoms with Gasteiger partial charge in [0.2, 0.25) is 0 Å². The van der Waals surface area contributed by atoms with Gasteiger partial charge in [0.25, 0.3) is 5.91 Å². The van der Waals surface area contributed by atoms with E-state index in [-0.39, 0.29) is 16.8 Å². The molecule has 1 fully saturated rings. The number of ether oxygens (including phenoxy) is 3. The van der Waals surface area contributed by atoms with E-state index in [9.17, 15) is 27.6 Å². The van der Waals surface area contributed by atoms with E-state index in [1.807, 2.05) is 0 Å². The molecule has 0 spiro atoms. The maximum absolute atomic E-state index is 13.2. The van der Waals surface area contributed by atoms with Gasteiger partial charge in [0, 0.05) is 13.1 Å². The number of nitrogens with zero attached hydrogens (tertiary/aromatic N) is 1. The molecule has 1 amide bonds. The second kappa shape index (κ2) is 10.3. The van der Waals surface area contributed by atoms with E-state index in [2.05, 4.69) is 10.1 Å². The summed E-state index contributed by atoms with van der Waals surface area (Å²) in [5, 5.41) is 2.39. The van der Waals surface area contributed by atoms with Gasteiger partial charge in [-0.05, 0) is 30.3 Å². The summed E-state index contributed by atoms with van der Waals surface area (Å²) in [6.07, 6.45) is -4.60. The normalized spacial score (nSPS) is 13.9. The first-order valence-corrected chi connectivity index (χ1v) is 9.89. The Morgan fingerprint density at radius 3 is 2.27 bits per heavy atom. The number of hydrogen-bond acceptors (Lipinski definition) is 7. The van der Waals surface area contributed by atoms with Gasteiger partial charge in [-0.25, -0.2) is 9.59 Å². The van der Waals surface area contributed by atoms with Crippen LogP contribution in [0.25, 0.3) is 0 Å². The molecule has 0 aromatic heterocycles. The highest BCUT2D eigenvalue weighted by Gasteiger charge is 2.32. The summed E-state index contributed by atoms with van der Waals surface area (Å²) in [4.78, 5) is 38.4. The minimum Gasteiger partial charge on any atom is -0.465 e. The van der Waals surface area contributed by atoms with Gasteiger partial charge in [0.05, 0.1) is 48.4 Å². The Labute approximate surface area is 187 Å². The Morgan fingerprint density at radius 1 is 1.03 bits per heavy atom. The molecule has 0 saturated carbocycles. The van der Waals surface area contributed by atoms with Crippen LogP contribution in [0.2, 0.25) is 0 Å². The quantitative estimate of drug-likeness (QED) is 0.654. The molecule has 1 saturated heterocycles. The third kappa shape index (κ3) is 6.01. The predicted molar refractivity (Wildman–Crippen MR) is 111 cm³/mol. The number of carbonyl (C=O) groups is 3. The van der Waals surface area contributed by atoms with Gasteiger partial charge in [-0.2, -0.15) is 13.2 Å². The van der Waals surface area contributed by atoms with Crippen LogP contribution < -0.4 is 10.2 Å². The molecular formula is C22H21F3N2O6. The summed E-state index contributed by atoms with van der Waals surface area (Å²) in [5.74, 6) is -2.55. The number of carbonyl (C=O) groups excluding carboxylic acids is 3. The van der Waals surface area contributed by atoms with Gasteiger partial charge < -0.3 is 24.4 Å². The van der Waals surface area contributed by atoms with Crippen molar-refractivity contribution in [2.45, 2.75) is 6.18 Å². The lowest BCUT2D eigenvalue weighted by Gasteiger charge is -2.31. The lowest BCUT2D eigenvalue weighted by atomic mass is 10.1. The summed E-state index contributed by atoms with van der Waals surface area (Å²) in [5.41, 5.74) is -0.758. The van der Waals surface area contributed by atoms with Crippen molar-refractivity contribution in [1.82, 2.24) is 0 Å². The molecule has 0 unspecified atom stereocenters. The molecule has 8 nitrogen and oxygen atoms in total. The number of morpholine rings is 1. The fourth-order valence-electron chi connectivity index (χ4n) is 3.24. The molecule has 2 aromatic rings. The first-order valence-electron chi connectivity index (χ1n) is 9.89. The van der Waals surface area contributed by atoms with E-state index in [4.69, 9.17) is 9.47 Å². The first kappa shape index (κ1) is 24.1. The molecule has 3 rings (SSSR count). The molecule has 0 bridgehead atoms. The van der Waals surface area contributed by atoms with Crippen molar-refractivity contribution in [3.63, 3.8) is 0 Å². The predicted octanol–water partition coefficient (Wildman–Crippen LogP) is 3.12. The number of rotatable bonds is 6. The second-order valence-electron chi connectivity index (χ2n) is 6.99. The van der Waals surface area contributed by atoms with Gasteiger partial charge in [-0.15, -0.1) is 0 Å². The largest absolute Gasteiger partial charge is 0.465 e. The maximum Gasteiger partial charge on any atom is 0.416 e. The molecule has 176 valence electrons. The van der Waals surface area contributed by atoms with Crippen molar-refractivity contribution in [2.75, 3.05) is 50.2 Å². The lowest BCUT2D eigenvalue weighted by Crippen LogP contribution is -2.37. The van der Waals surface area contributed by atoms with Crippen molar-refractivity contribution in [1.29, 1.82) is 0 Å². The smallest absolute Gasteiger partial charge is 0.416 e. The highest BCUT2D eigenvalue weighted by atomic mass is 19.4. The monoisotopic (exact) mass is 466 g/mol. The van der Waals surface area contributed by atoms with E-state index in [0.29, 0.717) is 32.0 Å². The summed E-state index contributed by atoms with van der Waals surface area (Å²) >= 11 is 0. The van der Waals surface area contributed by atoms with Crippen LogP contribution in [0, 0.1) is 0 Å². The molecule has 1 aliphatic heterocycles. The number of halogens is 3. The number of hydrogen-bond donors (Lipinski definition) is 1. The fourth-order valence-corrected chi connectivity index (χ4v) is 3.24. The summed E-state index contributed by atoms with van der Waals surface area (Å²) in [7, 11) is 1.15. The van der Waals surface area contributed by atoms with Crippen molar-refractivity contribution < 1.29 is 41.8 Å². The average molecular weight is 466 g/mol. The van der Waals surface area contributed by atoms with Gasteiger partial charge in [0.1, 0.15) is 0 Å². The topological polar surface area (TPSA) is 94.2 Å². The Balaban J connectivity index is 1.74. The Bertz CT molecular complexity index is 1040. The zero-order chi connectivity index (χ0) is 24.0. The molecule has 0 atom stereocenters. The van der Waals surface area contributed by atoms with Crippen LogP contribution in [0.4, 0.5) is 24.5 Å². The Hall–Kier alpha value is -3.60. The highest BCUT2D eigenvalue weighted by molar-refractivity contribution is 6.04. The molecular weight excluding hydrogens is 445 g/mol. The number of methoxy groups -OCH3 is 1. The number of anilines is 2. The molecule has 0 aliphatic carbocycles. The van der Waals surface area contributed by atoms with Crippen LogP contribution >= 0.6 is 0 Å². The molecule has 11 heteroatoms. The number of nitrogens with one attached hydrogen (secondary N) is 1. The minimum absolute atomic E-state index is 0.0436. The second-order valence-corrected chi connectivity index (χ2v) is 6.99. The minimum atomic E-state index is -4.60. The first-order chi connectivity index (χ1) is 15.7. The Kier molecular flexibility index (Phi) is 7.54. The standard InChI is InChI=1S/C22H21F3N2O6/c1-31-20(29)15-4-2-3-5-16(15)21(30)33-13-19(28)26-17-12-14(22(23,24)25)6-7-18(17)27-8-10-32-11-9-27/h2-7,12H,8-11,13H2,1H3,(H,26,28). The Morgan fingerprint density at radius 2 is 1.67 bits per heavy atom. The molecule has 2 aromatic carbocycles. The fraction of sp³-hybridized carbons (Fsp3) is 0.318. The summed E-state index contributed by atoms with van der Waals surface area (Å²) < 4.78 is 54.4. The van der Waals surface area contributed by atoms with E-state index in [0.717, 1.165) is 19.2 Å². The average Bonchev–Trinajstić information content (AvgIpc) is 2.82. The van der Waals surface area contributed by atoms with Gasteiger partial charge in [0.15, 0.2) is 6.61 Å². The third-order valence-corrected chi connectivity index (χ3v) is 4.84. The SMILES string of the molecule is COC(=O)c1ccccc1C(=O)OCC(=O)Nc1cc(C(F)(F)F)ccc1N1CCOCC1. The van der Waals surface area contributed by atoms with Crippen molar-refractivity contribution in [3.8, 4) is 0 Å². The van der Waals surface area contributed by atoms with E-state index < -0.39 is 36.2 Å². The van der Waals surface area contributed by atoms with Gasteiger partial charge in [-0.3, -0.25) is 4.79 Å². The number of amides is 1. The molecule has 33 heavy (non-hydrogen) atoms. The van der Waals surface area contributed by atoms with Gasteiger partial charge in [-0.1, -0.05) is 12.1 Å². The van der Waals surface area contributed by atoms with E-state index in [1.165, 1.54) is 30.3 Å².